The van der Waals surface area contributed by atoms with E-state index in [0.717, 1.165) is 14.8 Å². The van der Waals surface area contributed by atoms with Crippen molar-refractivity contribution in [1.82, 2.24) is 20.5 Å². The third-order valence-corrected chi connectivity index (χ3v) is 5.60. The van der Waals surface area contributed by atoms with Gasteiger partial charge in [0.2, 0.25) is 11.1 Å². The molecule has 150 valence electrons. The Morgan fingerprint density at radius 2 is 1.97 bits per heavy atom. The van der Waals surface area contributed by atoms with Crippen molar-refractivity contribution in [1.29, 1.82) is 0 Å². The van der Waals surface area contributed by atoms with E-state index in [9.17, 15) is 9.59 Å². The number of carbonyl (C=O) groups excluding carboxylic acids is 2. The van der Waals surface area contributed by atoms with E-state index < -0.39 is 0 Å². The summed E-state index contributed by atoms with van der Waals surface area (Å²) in [7, 11) is 0. The van der Waals surface area contributed by atoms with E-state index in [-0.39, 0.29) is 24.1 Å². The molecule has 7 nitrogen and oxygen atoms in total. The van der Waals surface area contributed by atoms with Crippen molar-refractivity contribution < 1.29 is 9.59 Å². The highest BCUT2D eigenvalue weighted by Crippen LogP contribution is 2.19. The number of aromatic amines is 1. The van der Waals surface area contributed by atoms with Gasteiger partial charge in [-0.3, -0.25) is 14.7 Å². The average Bonchev–Trinajstić information content (AvgIpc) is 3.15. The number of halogens is 2. The van der Waals surface area contributed by atoms with Gasteiger partial charge in [-0.1, -0.05) is 23.4 Å². The Hall–Kier alpha value is -2.11. The first kappa shape index (κ1) is 21.6. The van der Waals surface area contributed by atoms with Crippen LogP contribution in [0.4, 0.5) is 5.69 Å². The zero-order valence-corrected chi connectivity index (χ0v) is 19.1. The lowest BCUT2D eigenvalue weighted by atomic mass is 10.2. The number of amides is 2. The molecule has 0 saturated heterocycles. The average molecular weight is 542 g/mol. The van der Waals surface area contributed by atoms with Crippen molar-refractivity contribution in [3.8, 4) is 0 Å². The van der Waals surface area contributed by atoms with E-state index in [1.807, 2.05) is 25.1 Å². The number of carbonyl (C=O) groups is 2. The minimum Gasteiger partial charge on any atom is -0.345 e. The first-order chi connectivity index (χ1) is 13.9. The predicted molar refractivity (Wildman–Crippen MR) is 122 cm³/mol. The largest absolute Gasteiger partial charge is 0.345 e. The van der Waals surface area contributed by atoms with Crippen molar-refractivity contribution in [3.05, 3.63) is 68.0 Å². The van der Waals surface area contributed by atoms with Crippen LogP contribution in [0.5, 0.6) is 0 Å². The monoisotopic (exact) mass is 541 g/mol. The van der Waals surface area contributed by atoms with E-state index >= 15 is 0 Å². The van der Waals surface area contributed by atoms with Gasteiger partial charge in [-0.15, -0.1) is 5.10 Å². The predicted octanol–water partition coefficient (Wildman–Crippen LogP) is 4.03. The molecule has 3 rings (SSSR count). The lowest BCUT2D eigenvalue weighted by molar-refractivity contribution is -0.113. The molecule has 0 fully saturated rings. The smallest absolute Gasteiger partial charge is 0.251 e. The lowest BCUT2D eigenvalue weighted by Gasteiger charge is -2.07. The van der Waals surface area contributed by atoms with Crippen molar-refractivity contribution in [3.63, 3.8) is 0 Å². The number of benzene rings is 2. The van der Waals surface area contributed by atoms with Gasteiger partial charge in [0.25, 0.3) is 5.91 Å². The summed E-state index contributed by atoms with van der Waals surface area (Å²) in [6.07, 6.45) is 0. The number of aromatic nitrogens is 3. The van der Waals surface area contributed by atoms with Gasteiger partial charge in [0.05, 0.1) is 12.3 Å². The van der Waals surface area contributed by atoms with Gasteiger partial charge in [-0.25, -0.2) is 4.98 Å². The highest BCUT2D eigenvalue weighted by atomic mass is 127. The number of thioether (sulfide) groups is 1. The molecule has 0 aliphatic carbocycles. The summed E-state index contributed by atoms with van der Waals surface area (Å²) in [5, 5.41) is 13.5. The summed E-state index contributed by atoms with van der Waals surface area (Å²) in [6.45, 7) is 2.15. The lowest BCUT2D eigenvalue weighted by Crippen LogP contribution is -2.23. The van der Waals surface area contributed by atoms with Gasteiger partial charge in [0, 0.05) is 19.8 Å². The topological polar surface area (TPSA) is 99.8 Å². The fourth-order valence-corrected chi connectivity index (χ4v) is 3.76. The quantitative estimate of drug-likeness (QED) is 0.310. The van der Waals surface area contributed by atoms with Gasteiger partial charge in [0.1, 0.15) is 5.82 Å². The fraction of sp³-hybridized carbons (Fsp3) is 0.158. The number of aryl methyl sites for hydroxylation is 1. The first-order valence-electron chi connectivity index (χ1n) is 8.54. The standard InChI is InChI=1S/C19H17ClIN5O2S/c1-11-8-14(21)6-7-15(11)23-17(27)10-29-19-24-16(25-26-19)9-22-18(28)12-2-4-13(20)5-3-12/h2-8H,9-10H2,1H3,(H,22,28)(H,23,27)(H,24,25,26). The van der Waals surface area contributed by atoms with Gasteiger partial charge in [-0.2, -0.15) is 0 Å². The van der Waals surface area contributed by atoms with Crippen molar-refractivity contribution in [2.24, 2.45) is 0 Å². The summed E-state index contributed by atoms with van der Waals surface area (Å²) in [5.74, 6) is 0.310. The Kier molecular flexibility index (Phi) is 7.51. The normalized spacial score (nSPS) is 10.6. The fourth-order valence-electron chi connectivity index (χ4n) is 2.37. The van der Waals surface area contributed by atoms with Crippen LogP contribution in [-0.2, 0) is 11.3 Å². The van der Waals surface area contributed by atoms with E-state index in [4.69, 9.17) is 11.6 Å². The highest BCUT2D eigenvalue weighted by Gasteiger charge is 2.11. The Morgan fingerprint density at radius 3 is 2.69 bits per heavy atom. The highest BCUT2D eigenvalue weighted by molar-refractivity contribution is 14.1. The molecule has 1 aromatic heterocycles. The van der Waals surface area contributed by atoms with Crippen molar-refractivity contribution in [2.45, 2.75) is 18.6 Å². The Bertz CT molecular complexity index is 1030. The number of anilines is 1. The first-order valence-corrected chi connectivity index (χ1v) is 11.0. The summed E-state index contributed by atoms with van der Waals surface area (Å²) in [5.41, 5.74) is 2.30. The molecule has 0 aliphatic rings. The zero-order valence-electron chi connectivity index (χ0n) is 15.3. The maximum absolute atomic E-state index is 12.2. The molecule has 0 spiro atoms. The molecule has 1 heterocycles. The molecule has 10 heteroatoms. The maximum atomic E-state index is 12.2. The molecule has 0 bridgehead atoms. The molecule has 3 aromatic rings. The molecule has 0 aliphatic heterocycles. The minimum absolute atomic E-state index is 0.137. The molecule has 0 unspecified atom stereocenters. The summed E-state index contributed by atoms with van der Waals surface area (Å²) >= 11 is 9.26. The van der Waals surface area contributed by atoms with E-state index in [2.05, 4.69) is 48.4 Å². The van der Waals surface area contributed by atoms with Crippen molar-refractivity contribution >= 4 is 63.5 Å². The Labute approximate surface area is 190 Å². The van der Waals surface area contributed by atoms with Crippen LogP contribution >= 0.6 is 46.0 Å². The van der Waals surface area contributed by atoms with E-state index in [1.165, 1.54) is 11.8 Å². The molecule has 2 amide bonds. The molecular formula is C19H17ClIN5O2S. The van der Waals surface area contributed by atoms with Crippen molar-refractivity contribution in [2.75, 3.05) is 11.1 Å². The number of rotatable bonds is 7. The van der Waals surface area contributed by atoms with Crippen LogP contribution in [0.1, 0.15) is 21.7 Å². The van der Waals surface area contributed by atoms with Crippen LogP contribution in [0.25, 0.3) is 0 Å². The second-order valence-corrected chi connectivity index (χ2v) is 8.67. The third kappa shape index (κ3) is 6.44. The van der Waals surface area contributed by atoms with Gasteiger partial charge >= 0.3 is 0 Å². The van der Waals surface area contributed by atoms with Crippen LogP contribution in [0.3, 0.4) is 0 Å². The van der Waals surface area contributed by atoms with Gasteiger partial charge in [0.15, 0.2) is 0 Å². The summed E-state index contributed by atoms with van der Waals surface area (Å²) in [4.78, 5) is 28.5. The minimum atomic E-state index is -0.237. The van der Waals surface area contributed by atoms with Gasteiger partial charge < -0.3 is 10.6 Å². The number of nitrogens with one attached hydrogen (secondary N) is 3. The zero-order chi connectivity index (χ0) is 20.8. The van der Waals surface area contributed by atoms with Gasteiger partial charge in [-0.05, 0) is 77.5 Å². The maximum Gasteiger partial charge on any atom is 0.251 e. The SMILES string of the molecule is Cc1cc(I)ccc1NC(=O)CSc1n[nH]c(CNC(=O)c2ccc(Cl)cc2)n1. The molecular weight excluding hydrogens is 525 g/mol. The summed E-state index contributed by atoms with van der Waals surface area (Å²) in [6, 6.07) is 12.4. The second-order valence-electron chi connectivity index (χ2n) is 6.05. The third-order valence-electron chi connectivity index (χ3n) is 3.83. The summed E-state index contributed by atoms with van der Waals surface area (Å²) < 4.78 is 1.11. The van der Waals surface area contributed by atoms with Crippen LogP contribution in [0, 0.1) is 10.5 Å². The molecule has 0 atom stereocenters. The number of H-pyrrole nitrogens is 1. The van der Waals surface area contributed by atoms with Crippen LogP contribution in [0.15, 0.2) is 47.6 Å². The van der Waals surface area contributed by atoms with E-state index in [1.54, 1.807) is 24.3 Å². The number of nitrogens with zero attached hydrogens (tertiary/aromatic N) is 2. The van der Waals surface area contributed by atoms with Crippen LogP contribution in [0.2, 0.25) is 5.02 Å². The van der Waals surface area contributed by atoms with Crippen LogP contribution < -0.4 is 10.6 Å². The number of hydrogen-bond donors (Lipinski definition) is 3. The number of hydrogen-bond acceptors (Lipinski definition) is 5. The molecule has 29 heavy (non-hydrogen) atoms. The molecule has 2 aromatic carbocycles. The molecule has 0 radical (unpaired) electrons. The van der Waals surface area contributed by atoms with Crippen LogP contribution in [-0.4, -0.2) is 32.7 Å². The molecule has 0 saturated carbocycles. The molecule has 3 N–H and O–H groups in total. The second kappa shape index (κ2) is 10.1. The Balaban J connectivity index is 1.46. The Morgan fingerprint density at radius 1 is 1.21 bits per heavy atom. The van der Waals surface area contributed by atoms with E-state index in [0.29, 0.717) is 21.6 Å².